The number of carbonyl (C=O) groups excluding carboxylic acids is 1. The Bertz CT molecular complexity index is 488. The van der Waals surface area contributed by atoms with Crippen molar-refractivity contribution in [1.29, 1.82) is 0 Å². The predicted molar refractivity (Wildman–Crippen MR) is 71.8 cm³/mol. The molecule has 94 valence electrons. The van der Waals surface area contributed by atoms with Gasteiger partial charge in [0.2, 0.25) is 0 Å². The van der Waals surface area contributed by atoms with Crippen LogP contribution in [-0.2, 0) is 9.53 Å². The largest absolute Gasteiger partial charge is 0.462 e. The number of nitrogens with zero attached hydrogens (tertiary/aromatic N) is 1. The van der Waals surface area contributed by atoms with Crippen LogP contribution in [0.1, 0.15) is 12.5 Å². The highest BCUT2D eigenvalue weighted by Gasteiger charge is 2.19. The zero-order valence-electron chi connectivity index (χ0n) is 10.7. The first kappa shape index (κ1) is 12.4. The van der Waals surface area contributed by atoms with Crippen LogP contribution >= 0.6 is 0 Å². The zero-order valence-corrected chi connectivity index (χ0v) is 10.7. The van der Waals surface area contributed by atoms with Gasteiger partial charge in [-0.25, -0.2) is 4.79 Å². The van der Waals surface area contributed by atoms with Crippen LogP contribution in [0.5, 0.6) is 0 Å². The van der Waals surface area contributed by atoms with E-state index in [4.69, 9.17) is 4.74 Å². The lowest BCUT2D eigenvalue weighted by molar-refractivity contribution is -0.138. The van der Waals surface area contributed by atoms with E-state index >= 15 is 0 Å². The zero-order chi connectivity index (χ0) is 13.0. The van der Waals surface area contributed by atoms with Gasteiger partial charge in [-0.3, -0.25) is 0 Å². The maximum Gasteiger partial charge on any atom is 0.338 e. The van der Waals surface area contributed by atoms with Crippen molar-refractivity contribution in [3.63, 3.8) is 0 Å². The molecule has 0 unspecified atom stereocenters. The average Bonchev–Trinajstić information content (AvgIpc) is 2.40. The van der Waals surface area contributed by atoms with Crippen molar-refractivity contribution in [3.8, 4) is 0 Å². The minimum atomic E-state index is -0.249. The molecule has 1 aliphatic rings. The topological polar surface area (TPSA) is 29.5 Å². The summed E-state index contributed by atoms with van der Waals surface area (Å²) in [5.74, 6) is -0.249. The summed E-state index contributed by atoms with van der Waals surface area (Å²) in [4.78, 5) is 14.0. The molecule has 2 rings (SSSR count). The van der Waals surface area contributed by atoms with E-state index in [1.54, 1.807) is 0 Å². The SMILES string of the molecule is CCOC(=O)C1=C(c2ccccc2)CN(C)C=C1. The van der Waals surface area contributed by atoms with Crippen molar-refractivity contribution >= 4 is 11.5 Å². The second kappa shape index (κ2) is 5.54. The van der Waals surface area contributed by atoms with Crippen LogP contribution in [0, 0.1) is 0 Å². The molecule has 0 aliphatic carbocycles. The molecule has 3 heteroatoms. The lowest BCUT2D eigenvalue weighted by Crippen LogP contribution is -2.21. The summed E-state index contributed by atoms with van der Waals surface area (Å²) in [7, 11) is 1.99. The fraction of sp³-hybridized carbons (Fsp3) is 0.267. The molecule has 1 aromatic carbocycles. The molecule has 0 radical (unpaired) electrons. The predicted octanol–water partition coefficient (Wildman–Crippen LogP) is 2.46. The first-order valence-electron chi connectivity index (χ1n) is 6.06. The van der Waals surface area contributed by atoms with Gasteiger partial charge in [0.15, 0.2) is 0 Å². The molecule has 0 N–H and O–H groups in total. The van der Waals surface area contributed by atoms with Crippen LogP contribution in [0.25, 0.3) is 5.57 Å². The minimum absolute atomic E-state index is 0.249. The molecule has 0 aromatic heterocycles. The van der Waals surface area contributed by atoms with Gasteiger partial charge in [-0.05, 0) is 30.3 Å². The Morgan fingerprint density at radius 1 is 1.33 bits per heavy atom. The molecule has 0 bridgehead atoms. The first-order chi connectivity index (χ1) is 8.72. The maximum absolute atomic E-state index is 11.9. The van der Waals surface area contributed by atoms with Gasteiger partial charge >= 0.3 is 5.97 Å². The van der Waals surface area contributed by atoms with Crippen LogP contribution in [0.4, 0.5) is 0 Å². The third kappa shape index (κ3) is 2.62. The minimum Gasteiger partial charge on any atom is -0.462 e. The van der Waals surface area contributed by atoms with E-state index in [2.05, 4.69) is 0 Å². The lowest BCUT2D eigenvalue weighted by Gasteiger charge is -2.23. The fourth-order valence-corrected chi connectivity index (χ4v) is 1.98. The van der Waals surface area contributed by atoms with Crippen LogP contribution in [0.2, 0.25) is 0 Å². The number of likely N-dealkylation sites (N-methyl/N-ethyl adjacent to an activating group) is 1. The molecule has 1 aromatic rings. The van der Waals surface area contributed by atoms with Gasteiger partial charge < -0.3 is 9.64 Å². The fourth-order valence-electron chi connectivity index (χ4n) is 1.98. The van der Waals surface area contributed by atoms with Crippen molar-refractivity contribution in [2.45, 2.75) is 6.92 Å². The molecule has 3 nitrogen and oxygen atoms in total. The Balaban J connectivity index is 2.41. The van der Waals surface area contributed by atoms with Crippen LogP contribution < -0.4 is 0 Å². The maximum atomic E-state index is 11.9. The molecule has 0 spiro atoms. The van der Waals surface area contributed by atoms with Gasteiger partial charge in [0.1, 0.15) is 0 Å². The quantitative estimate of drug-likeness (QED) is 0.764. The number of esters is 1. The van der Waals surface area contributed by atoms with E-state index in [9.17, 15) is 4.79 Å². The Morgan fingerprint density at radius 2 is 2.06 bits per heavy atom. The highest BCUT2D eigenvalue weighted by molar-refractivity contribution is 6.01. The molecule has 0 fully saturated rings. The Kier molecular flexibility index (Phi) is 3.82. The van der Waals surface area contributed by atoms with Crippen LogP contribution in [0.15, 0.2) is 48.2 Å². The number of hydrogen-bond acceptors (Lipinski definition) is 3. The smallest absolute Gasteiger partial charge is 0.338 e. The molecule has 0 amide bonds. The van der Waals surface area contributed by atoms with Gasteiger partial charge in [-0.2, -0.15) is 0 Å². The Labute approximate surface area is 107 Å². The molecule has 1 heterocycles. The molecule has 0 saturated carbocycles. The van der Waals surface area contributed by atoms with Gasteiger partial charge in [-0.15, -0.1) is 0 Å². The Morgan fingerprint density at radius 3 is 2.72 bits per heavy atom. The standard InChI is InChI=1S/C15H17NO2/c1-3-18-15(17)13-9-10-16(2)11-14(13)12-7-5-4-6-8-12/h4-10H,3,11H2,1-2H3. The van der Waals surface area contributed by atoms with Crippen molar-refractivity contribution in [2.75, 3.05) is 20.2 Å². The van der Waals surface area contributed by atoms with E-state index < -0.39 is 0 Å². The molecule has 1 aliphatic heterocycles. The summed E-state index contributed by atoms with van der Waals surface area (Å²) in [5, 5.41) is 0. The van der Waals surface area contributed by atoms with Gasteiger partial charge in [-0.1, -0.05) is 30.3 Å². The summed E-state index contributed by atoms with van der Waals surface area (Å²) >= 11 is 0. The van der Waals surface area contributed by atoms with Crippen LogP contribution in [-0.4, -0.2) is 31.1 Å². The van der Waals surface area contributed by atoms with E-state index in [0.29, 0.717) is 18.7 Å². The number of benzene rings is 1. The number of rotatable bonds is 3. The lowest BCUT2D eigenvalue weighted by atomic mass is 9.97. The van der Waals surface area contributed by atoms with Gasteiger partial charge in [0.05, 0.1) is 12.2 Å². The summed E-state index contributed by atoms with van der Waals surface area (Å²) in [5.41, 5.74) is 2.73. The Hall–Kier alpha value is -2.03. The summed E-state index contributed by atoms with van der Waals surface area (Å²) < 4.78 is 5.10. The molecular weight excluding hydrogens is 226 g/mol. The summed E-state index contributed by atoms with van der Waals surface area (Å²) in [6.45, 7) is 2.93. The molecule has 18 heavy (non-hydrogen) atoms. The van der Waals surface area contributed by atoms with Crippen molar-refractivity contribution in [3.05, 3.63) is 53.7 Å². The first-order valence-corrected chi connectivity index (χ1v) is 6.06. The second-order valence-corrected chi connectivity index (χ2v) is 4.21. The monoisotopic (exact) mass is 243 g/mol. The molecule has 0 atom stereocenters. The number of ether oxygens (including phenoxy) is 1. The highest BCUT2D eigenvalue weighted by Crippen LogP contribution is 2.25. The molecule has 0 saturated heterocycles. The van der Waals surface area contributed by atoms with Crippen LogP contribution in [0.3, 0.4) is 0 Å². The van der Waals surface area contributed by atoms with Crippen molar-refractivity contribution in [1.82, 2.24) is 4.90 Å². The van der Waals surface area contributed by atoms with E-state index in [1.807, 2.05) is 61.5 Å². The second-order valence-electron chi connectivity index (χ2n) is 4.21. The third-order valence-corrected chi connectivity index (χ3v) is 2.85. The summed E-state index contributed by atoms with van der Waals surface area (Å²) in [6, 6.07) is 9.95. The third-order valence-electron chi connectivity index (χ3n) is 2.85. The average molecular weight is 243 g/mol. The van der Waals surface area contributed by atoms with Crippen molar-refractivity contribution in [2.24, 2.45) is 0 Å². The van der Waals surface area contributed by atoms with Crippen molar-refractivity contribution < 1.29 is 9.53 Å². The van der Waals surface area contributed by atoms with Gasteiger partial charge in [0, 0.05) is 13.6 Å². The van der Waals surface area contributed by atoms with E-state index in [1.165, 1.54) is 0 Å². The number of hydrogen-bond donors (Lipinski definition) is 0. The number of carbonyl (C=O) groups is 1. The summed E-state index contributed by atoms with van der Waals surface area (Å²) in [6.07, 6.45) is 3.72. The van der Waals surface area contributed by atoms with E-state index in [0.717, 1.165) is 11.1 Å². The highest BCUT2D eigenvalue weighted by atomic mass is 16.5. The normalized spacial score (nSPS) is 14.9. The van der Waals surface area contributed by atoms with Gasteiger partial charge in [0.25, 0.3) is 0 Å². The van der Waals surface area contributed by atoms with E-state index in [-0.39, 0.29) is 5.97 Å². The molecular formula is C15H17NO2.